The van der Waals surface area contributed by atoms with Crippen LogP contribution in [0.25, 0.3) is 10.9 Å². The molecule has 116 valence electrons. The summed E-state index contributed by atoms with van der Waals surface area (Å²) in [5, 5.41) is 3.97. The minimum Gasteiger partial charge on any atom is -0.339 e. The Morgan fingerprint density at radius 2 is 1.65 bits per heavy atom. The minimum absolute atomic E-state index is 0.00686. The number of fused-ring (bicyclic) bond motifs is 1. The fourth-order valence-electron chi connectivity index (χ4n) is 2.88. The van der Waals surface area contributed by atoms with E-state index in [-0.39, 0.29) is 11.7 Å². The number of rotatable bonds is 3. The van der Waals surface area contributed by atoms with Gasteiger partial charge in [-0.1, -0.05) is 18.2 Å². The van der Waals surface area contributed by atoms with Gasteiger partial charge in [-0.2, -0.15) is 0 Å². The van der Waals surface area contributed by atoms with Gasteiger partial charge in [-0.15, -0.1) is 0 Å². The number of anilines is 1. The molecule has 0 aliphatic heterocycles. The fraction of sp³-hybridized carbons (Fsp3) is 0.158. The zero-order valence-electron chi connectivity index (χ0n) is 13.4. The molecule has 0 bridgehead atoms. The molecule has 2 aromatic carbocycles. The Hall–Kier alpha value is -2.88. The molecule has 4 nitrogen and oxygen atoms in total. The van der Waals surface area contributed by atoms with Gasteiger partial charge in [-0.05, 0) is 49.7 Å². The molecule has 0 radical (unpaired) electrons. The molecule has 0 fully saturated rings. The van der Waals surface area contributed by atoms with E-state index in [0.29, 0.717) is 16.9 Å². The van der Waals surface area contributed by atoms with Crippen molar-refractivity contribution in [2.75, 3.05) is 5.32 Å². The number of aromatic nitrogens is 1. The third kappa shape index (κ3) is 2.63. The first kappa shape index (κ1) is 15.0. The van der Waals surface area contributed by atoms with Crippen LogP contribution in [-0.4, -0.2) is 16.3 Å². The second-order valence-corrected chi connectivity index (χ2v) is 5.64. The van der Waals surface area contributed by atoms with E-state index in [4.69, 9.17) is 0 Å². The molecular weight excluding hydrogens is 288 g/mol. The van der Waals surface area contributed by atoms with E-state index in [1.54, 1.807) is 24.3 Å². The molecule has 1 amide bonds. The number of ketones is 1. The van der Waals surface area contributed by atoms with E-state index >= 15 is 0 Å². The van der Waals surface area contributed by atoms with Gasteiger partial charge in [0.05, 0.1) is 0 Å². The zero-order chi connectivity index (χ0) is 16.6. The lowest BCUT2D eigenvalue weighted by Gasteiger charge is -2.08. The Bertz CT molecular complexity index is 866. The highest BCUT2D eigenvalue weighted by Gasteiger charge is 2.18. The molecule has 0 aliphatic carbocycles. The second kappa shape index (κ2) is 5.72. The highest BCUT2D eigenvalue weighted by Crippen LogP contribution is 2.25. The van der Waals surface area contributed by atoms with Crippen LogP contribution in [0.2, 0.25) is 0 Å². The number of benzene rings is 2. The van der Waals surface area contributed by atoms with Crippen LogP contribution in [-0.2, 0) is 7.05 Å². The van der Waals surface area contributed by atoms with Crippen molar-refractivity contribution >= 4 is 28.3 Å². The summed E-state index contributed by atoms with van der Waals surface area (Å²) in [4.78, 5) is 23.9. The first-order valence-corrected chi connectivity index (χ1v) is 7.45. The van der Waals surface area contributed by atoms with Gasteiger partial charge in [0.15, 0.2) is 5.78 Å². The monoisotopic (exact) mass is 306 g/mol. The zero-order valence-corrected chi connectivity index (χ0v) is 13.4. The molecule has 0 atom stereocenters. The summed E-state index contributed by atoms with van der Waals surface area (Å²) >= 11 is 0. The number of nitrogens with one attached hydrogen (secondary N) is 1. The molecule has 0 spiro atoms. The van der Waals surface area contributed by atoms with Gasteiger partial charge in [-0.25, -0.2) is 0 Å². The molecule has 23 heavy (non-hydrogen) atoms. The van der Waals surface area contributed by atoms with Crippen LogP contribution in [0.5, 0.6) is 0 Å². The number of Topliss-reactive ketones (excluding diaryl/α,β-unsaturated/α-hetero) is 1. The van der Waals surface area contributed by atoms with Crippen molar-refractivity contribution in [1.82, 2.24) is 4.57 Å². The number of para-hydroxylation sites is 1. The number of hydrogen-bond acceptors (Lipinski definition) is 2. The number of carbonyl (C=O) groups excluding carboxylic acids is 2. The molecule has 0 unspecified atom stereocenters. The average molecular weight is 306 g/mol. The smallest absolute Gasteiger partial charge is 0.272 e. The Kier molecular flexibility index (Phi) is 3.74. The third-order valence-electron chi connectivity index (χ3n) is 4.12. The summed E-state index contributed by atoms with van der Waals surface area (Å²) in [6, 6.07) is 14.9. The summed E-state index contributed by atoms with van der Waals surface area (Å²) < 4.78 is 1.91. The van der Waals surface area contributed by atoms with Crippen LogP contribution in [0, 0.1) is 6.92 Å². The molecule has 0 aliphatic rings. The van der Waals surface area contributed by atoms with E-state index in [9.17, 15) is 9.59 Å². The van der Waals surface area contributed by atoms with Gasteiger partial charge in [0.2, 0.25) is 0 Å². The van der Waals surface area contributed by atoms with Crippen molar-refractivity contribution in [3.63, 3.8) is 0 Å². The van der Waals surface area contributed by atoms with Gasteiger partial charge < -0.3 is 9.88 Å². The summed E-state index contributed by atoms with van der Waals surface area (Å²) in [7, 11) is 1.89. The maximum Gasteiger partial charge on any atom is 0.272 e. The van der Waals surface area contributed by atoms with E-state index < -0.39 is 0 Å². The summed E-state index contributed by atoms with van der Waals surface area (Å²) in [5.74, 6) is -0.149. The van der Waals surface area contributed by atoms with Crippen LogP contribution in [0.15, 0.2) is 48.5 Å². The topological polar surface area (TPSA) is 51.1 Å². The molecule has 1 N–H and O–H groups in total. The van der Waals surface area contributed by atoms with E-state index in [0.717, 1.165) is 16.5 Å². The van der Waals surface area contributed by atoms with E-state index in [2.05, 4.69) is 5.32 Å². The van der Waals surface area contributed by atoms with Crippen molar-refractivity contribution < 1.29 is 9.59 Å². The normalized spacial score (nSPS) is 10.7. The predicted octanol–water partition coefficient (Wildman–Crippen LogP) is 3.94. The van der Waals surface area contributed by atoms with Crippen molar-refractivity contribution in [3.8, 4) is 0 Å². The molecular formula is C19H18N2O2. The minimum atomic E-state index is -0.156. The molecule has 3 aromatic rings. The van der Waals surface area contributed by atoms with E-state index in [1.165, 1.54) is 6.92 Å². The highest BCUT2D eigenvalue weighted by molar-refractivity contribution is 6.08. The first-order valence-electron chi connectivity index (χ1n) is 7.45. The highest BCUT2D eigenvalue weighted by atomic mass is 16.2. The Balaban J connectivity index is 1.93. The van der Waals surface area contributed by atoms with Gasteiger partial charge in [-0.3, -0.25) is 9.59 Å². The largest absolute Gasteiger partial charge is 0.339 e. The van der Waals surface area contributed by atoms with Crippen molar-refractivity contribution in [1.29, 1.82) is 0 Å². The van der Waals surface area contributed by atoms with Gasteiger partial charge in [0, 0.05) is 29.2 Å². The molecule has 1 heterocycles. The predicted molar refractivity (Wildman–Crippen MR) is 92.1 cm³/mol. The van der Waals surface area contributed by atoms with Crippen molar-refractivity contribution in [3.05, 3.63) is 65.4 Å². The average Bonchev–Trinajstić information content (AvgIpc) is 2.80. The molecule has 4 heteroatoms. The Labute approximate surface area is 134 Å². The second-order valence-electron chi connectivity index (χ2n) is 5.64. The third-order valence-corrected chi connectivity index (χ3v) is 4.12. The van der Waals surface area contributed by atoms with Crippen molar-refractivity contribution in [2.24, 2.45) is 7.05 Å². The van der Waals surface area contributed by atoms with Crippen LogP contribution >= 0.6 is 0 Å². The lowest BCUT2D eigenvalue weighted by molar-refractivity contribution is 0.101. The maximum absolute atomic E-state index is 12.6. The standard InChI is InChI=1S/C19H18N2O2/c1-12-16-6-4-5-7-17(16)21(3)18(12)19(23)20-15-10-8-14(9-11-15)13(2)22/h4-11H,1-3H3,(H,20,23). The number of amides is 1. The van der Waals surface area contributed by atoms with E-state index in [1.807, 2.05) is 42.8 Å². The summed E-state index contributed by atoms with van der Waals surface area (Å²) in [6.07, 6.45) is 0. The maximum atomic E-state index is 12.6. The lowest BCUT2D eigenvalue weighted by atomic mass is 10.1. The molecule has 0 saturated heterocycles. The molecule has 0 saturated carbocycles. The SMILES string of the molecule is CC(=O)c1ccc(NC(=O)c2c(C)c3ccccc3n2C)cc1. The van der Waals surface area contributed by atoms with Crippen molar-refractivity contribution in [2.45, 2.75) is 13.8 Å². The van der Waals surface area contributed by atoms with Gasteiger partial charge >= 0.3 is 0 Å². The first-order chi connectivity index (χ1) is 11.0. The Morgan fingerprint density at radius 1 is 1.00 bits per heavy atom. The van der Waals surface area contributed by atoms with Crippen LogP contribution in [0.4, 0.5) is 5.69 Å². The van der Waals surface area contributed by atoms with Gasteiger partial charge in [0.25, 0.3) is 5.91 Å². The number of hydrogen-bond donors (Lipinski definition) is 1. The quantitative estimate of drug-likeness (QED) is 0.745. The van der Waals surface area contributed by atoms with Gasteiger partial charge in [0.1, 0.15) is 5.69 Å². The number of nitrogens with zero attached hydrogens (tertiary/aromatic N) is 1. The molecule has 3 rings (SSSR count). The molecule has 1 aromatic heterocycles. The van der Waals surface area contributed by atoms with Crippen LogP contribution in [0.3, 0.4) is 0 Å². The summed E-state index contributed by atoms with van der Waals surface area (Å²) in [6.45, 7) is 3.47. The Morgan fingerprint density at radius 3 is 2.26 bits per heavy atom. The number of aryl methyl sites for hydroxylation is 2. The fourth-order valence-corrected chi connectivity index (χ4v) is 2.88. The van der Waals surface area contributed by atoms with Crippen LogP contribution < -0.4 is 5.32 Å². The lowest BCUT2D eigenvalue weighted by Crippen LogP contribution is -2.16. The summed E-state index contributed by atoms with van der Waals surface area (Å²) in [5.41, 5.74) is 3.93. The number of carbonyl (C=O) groups is 2. The van der Waals surface area contributed by atoms with Crippen LogP contribution in [0.1, 0.15) is 33.3 Å².